The number of carbonyl (C=O) groups excluding carboxylic acids is 2. The molecule has 3 aromatic rings. The third-order valence-corrected chi connectivity index (χ3v) is 8.71. The molecule has 2 aliphatic heterocycles. The summed E-state index contributed by atoms with van der Waals surface area (Å²) in [6.45, 7) is 4.14. The number of hydroxylamine groups is 2. The van der Waals surface area contributed by atoms with E-state index in [1.54, 1.807) is 12.1 Å². The van der Waals surface area contributed by atoms with Crippen LogP contribution in [0.4, 0.5) is 5.13 Å². The summed E-state index contributed by atoms with van der Waals surface area (Å²) in [7, 11) is -3.03. The first-order chi connectivity index (χ1) is 21.7. The second kappa shape index (κ2) is 12.8. The number of oxime groups is 1. The number of aromatic nitrogens is 3. The standard InChI is InChI=1S/C26H32N8O10S2/c1-26(2)21(23(36)34(26)44-46(39,40)41)30-22(35)20(17-13-45-25(27)29-17)31-43-19(24(37)38)12-42-16-4-5-18-14(10-16)11-33(32(18)3)15-6-8-28-9-7-15/h4-5,10-11,13,15,19,21,28H,6-9,12H2,1-3H3,(H4-,27,29,30,35,37,38,39,40,41)/p+1/b31-20-/t19?,21-/m1/s1. The average molecular weight is 682 g/mol. The number of carboxylic acid groups (broad SMARTS) is 1. The van der Waals surface area contributed by atoms with E-state index in [2.05, 4.69) is 34.4 Å². The van der Waals surface area contributed by atoms with Crippen molar-refractivity contribution in [1.29, 1.82) is 0 Å². The van der Waals surface area contributed by atoms with Gasteiger partial charge in [-0.25, -0.2) is 9.78 Å². The van der Waals surface area contributed by atoms with Crippen LogP contribution in [0.2, 0.25) is 0 Å². The average Bonchev–Trinajstić information content (AvgIpc) is 3.58. The molecule has 0 bridgehead atoms. The number of thiazole rings is 1. The number of carboxylic acids is 1. The van der Waals surface area contributed by atoms with Gasteiger partial charge in [-0.2, -0.15) is 18.2 Å². The van der Waals surface area contributed by atoms with E-state index < -0.39 is 58.2 Å². The molecule has 2 aromatic heterocycles. The lowest BCUT2D eigenvalue weighted by Crippen LogP contribution is -2.76. The van der Waals surface area contributed by atoms with Crippen molar-refractivity contribution in [3.05, 3.63) is 35.5 Å². The van der Waals surface area contributed by atoms with E-state index in [0.29, 0.717) is 16.9 Å². The van der Waals surface area contributed by atoms with E-state index in [1.807, 2.05) is 19.3 Å². The number of fused-ring (bicyclic) bond motifs is 1. The zero-order chi connectivity index (χ0) is 33.4. The van der Waals surface area contributed by atoms with Gasteiger partial charge in [-0.1, -0.05) is 5.16 Å². The summed E-state index contributed by atoms with van der Waals surface area (Å²) in [6.07, 6.45) is 2.37. The van der Waals surface area contributed by atoms with Crippen LogP contribution in [0.25, 0.3) is 10.9 Å². The number of aliphatic carboxylic acids is 1. The molecule has 248 valence electrons. The van der Waals surface area contributed by atoms with Gasteiger partial charge in [0, 0.05) is 31.3 Å². The molecule has 2 fully saturated rings. The Morgan fingerprint density at radius 2 is 2.04 bits per heavy atom. The van der Waals surface area contributed by atoms with E-state index in [1.165, 1.54) is 19.2 Å². The molecule has 2 amide bonds. The Morgan fingerprint density at radius 3 is 2.65 bits per heavy atom. The fraction of sp³-hybridized carbons (Fsp3) is 0.462. The topological polar surface area (TPSA) is 241 Å². The summed E-state index contributed by atoms with van der Waals surface area (Å²) in [6, 6.07) is 4.40. The van der Waals surface area contributed by atoms with Crippen molar-refractivity contribution in [1.82, 2.24) is 25.4 Å². The summed E-state index contributed by atoms with van der Waals surface area (Å²) < 4.78 is 45.5. The molecule has 4 heterocycles. The predicted octanol–water partition coefficient (Wildman–Crippen LogP) is -0.478. The monoisotopic (exact) mass is 681 g/mol. The highest BCUT2D eigenvalue weighted by molar-refractivity contribution is 7.80. The third-order valence-electron chi connectivity index (χ3n) is 7.70. The number of β-lactam (4-membered cyclic amide) rings is 1. The lowest BCUT2D eigenvalue weighted by atomic mass is 9.84. The van der Waals surface area contributed by atoms with Crippen LogP contribution in [-0.2, 0) is 41.0 Å². The second-order valence-corrected chi connectivity index (χ2v) is 13.1. The zero-order valence-corrected chi connectivity index (χ0v) is 26.6. The Kier molecular flexibility index (Phi) is 9.18. The van der Waals surface area contributed by atoms with E-state index in [9.17, 15) is 27.9 Å². The number of aryl methyl sites for hydroxylation is 1. The summed E-state index contributed by atoms with van der Waals surface area (Å²) in [5.41, 5.74) is 4.68. The fourth-order valence-corrected chi connectivity index (χ4v) is 6.25. The minimum absolute atomic E-state index is 0.0687. The van der Waals surface area contributed by atoms with Gasteiger partial charge < -0.3 is 31.0 Å². The molecule has 6 N–H and O–H groups in total. The number of nitrogens with one attached hydrogen (secondary N) is 2. The highest BCUT2D eigenvalue weighted by Gasteiger charge is 2.58. The number of nitrogens with two attached hydrogens (primary N) is 1. The first kappa shape index (κ1) is 33.0. The van der Waals surface area contributed by atoms with Gasteiger partial charge in [0.15, 0.2) is 16.9 Å². The Labute approximate surface area is 266 Å². The highest BCUT2D eigenvalue weighted by atomic mass is 32.3. The molecule has 1 unspecified atom stereocenters. The molecule has 46 heavy (non-hydrogen) atoms. The smallest absolute Gasteiger partial charge is 0.418 e. The molecule has 18 nitrogen and oxygen atoms in total. The Bertz CT molecular complexity index is 1800. The van der Waals surface area contributed by atoms with Crippen molar-refractivity contribution in [3.8, 4) is 5.75 Å². The van der Waals surface area contributed by atoms with Gasteiger partial charge in [0.2, 0.25) is 6.20 Å². The maximum atomic E-state index is 13.2. The number of hydrogen-bond acceptors (Lipinski definition) is 13. The third kappa shape index (κ3) is 6.89. The van der Waals surface area contributed by atoms with Crippen molar-refractivity contribution in [2.45, 2.75) is 50.4 Å². The largest absolute Gasteiger partial charge is 0.489 e. The number of carbonyl (C=O) groups is 3. The number of benzene rings is 1. The van der Waals surface area contributed by atoms with Crippen molar-refractivity contribution >= 4 is 61.3 Å². The highest BCUT2D eigenvalue weighted by Crippen LogP contribution is 2.33. The number of piperidine rings is 1. The van der Waals surface area contributed by atoms with E-state index in [4.69, 9.17) is 19.9 Å². The molecular weight excluding hydrogens is 648 g/mol. The summed E-state index contributed by atoms with van der Waals surface area (Å²) in [5, 5.41) is 22.0. The number of rotatable bonds is 12. The molecule has 2 atom stereocenters. The zero-order valence-electron chi connectivity index (χ0n) is 24.9. The van der Waals surface area contributed by atoms with Crippen LogP contribution in [0.5, 0.6) is 5.75 Å². The van der Waals surface area contributed by atoms with Crippen LogP contribution in [0.3, 0.4) is 0 Å². The molecule has 0 saturated carbocycles. The summed E-state index contributed by atoms with van der Waals surface area (Å²) in [4.78, 5) is 47.0. The number of ether oxygens (including phenoxy) is 1. The van der Waals surface area contributed by atoms with Gasteiger partial charge in [-0.15, -0.1) is 20.3 Å². The fourth-order valence-electron chi connectivity index (χ4n) is 5.25. The summed E-state index contributed by atoms with van der Waals surface area (Å²) >= 11 is 0.970. The van der Waals surface area contributed by atoms with Gasteiger partial charge in [0.05, 0.1) is 18.0 Å². The number of hydrogen-bond donors (Lipinski definition) is 5. The van der Waals surface area contributed by atoms with Crippen LogP contribution in [-0.4, -0.2) is 93.7 Å². The summed E-state index contributed by atoms with van der Waals surface area (Å²) in [5.74, 6) is -3.03. The van der Waals surface area contributed by atoms with E-state index >= 15 is 0 Å². The number of nitrogen functional groups attached to an aromatic ring is 1. The Morgan fingerprint density at radius 1 is 1.33 bits per heavy atom. The van der Waals surface area contributed by atoms with Crippen LogP contribution in [0.15, 0.2) is 34.9 Å². The molecule has 0 aliphatic carbocycles. The molecule has 2 saturated heterocycles. The molecule has 20 heteroatoms. The predicted molar refractivity (Wildman–Crippen MR) is 161 cm³/mol. The minimum atomic E-state index is -5.01. The Balaban J connectivity index is 1.30. The molecule has 0 radical (unpaired) electrons. The number of anilines is 1. The maximum absolute atomic E-state index is 13.2. The first-order valence-electron chi connectivity index (χ1n) is 14.0. The lowest BCUT2D eigenvalue weighted by molar-refractivity contribution is -0.795. The van der Waals surface area contributed by atoms with Crippen LogP contribution >= 0.6 is 11.3 Å². The van der Waals surface area contributed by atoms with Gasteiger partial charge in [0.1, 0.15) is 29.6 Å². The minimum Gasteiger partial charge on any atom is -0.489 e. The normalized spacial score (nSPS) is 19.5. The van der Waals surface area contributed by atoms with Crippen LogP contribution < -0.4 is 25.8 Å². The van der Waals surface area contributed by atoms with Gasteiger partial charge >= 0.3 is 16.4 Å². The quantitative estimate of drug-likeness (QED) is 0.0534. The SMILES string of the molecule is Cn1c2ccc(OCC(O/N=C(\C(=O)N[C@@H]3C(=O)N(OS(=O)(=O)O)C3(C)C)c3csc(N)n3)C(=O)O)cc2c[n+]1C1CCNCC1. The molecule has 0 spiro atoms. The van der Waals surface area contributed by atoms with Crippen molar-refractivity contribution < 1.29 is 51.0 Å². The van der Waals surface area contributed by atoms with Crippen molar-refractivity contribution in [2.24, 2.45) is 12.2 Å². The van der Waals surface area contributed by atoms with E-state index in [-0.39, 0.29) is 10.8 Å². The Hall–Kier alpha value is -4.37. The van der Waals surface area contributed by atoms with Gasteiger partial charge in [-0.3, -0.25) is 14.1 Å². The van der Waals surface area contributed by atoms with Crippen LogP contribution in [0, 0.1) is 0 Å². The molecule has 2 aliphatic rings. The molecule has 5 rings (SSSR count). The van der Waals surface area contributed by atoms with Crippen LogP contribution in [0.1, 0.15) is 38.4 Å². The maximum Gasteiger partial charge on any atom is 0.418 e. The molecule has 1 aromatic carbocycles. The second-order valence-electron chi connectivity index (χ2n) is 11.2. The molecular formula is C26H33N8O10S2+. The lowest BCUT2D eigenvalue weighted by Gasteiger charge is -2.50. The van der Waals surface area contributed by atoms with Crippen molar-refractivity contribution in [3.63, 3.8) is 0 Å². The van der Waals surface area contributed by atoms with Gasteiger partial charge in [-0.05, 0) is 32.0 Å². The van der Waals surface area contributed by atoms with Crippen molar-refractivity contribution in [2.75, 3.05) is 25.4 Å². The van der Waals surface area contributed by atoms with Gasteiger partial charge in [0.25, 0.3) is 17.9 Å². The number of nitrogens with zero attached hydrogens (tertiary/aromatic N) is 5. The van der Waals surface area contributed by atoms with E-state index in [0.717, 1.165) is 48.2 Å². The number of amides is 2. The first-order valence-corrected chi connectivity index (χ1v) is 16.2.